The molecule has 0 fully saturated rings. The van der Waals surface area contributed by atoms with Gasteiger partial charge in [-0.05, 0) is 32.0 Å². The minimum absolute atomic E-state index is 0.311. The number of aromatic nitrogens is 2. The molecule has 0 bridgehead atoms. The summed E-state index contributed by atoms with van der Waals surface area (Å²) in [5.41, 5.74) is 4.26. The van der Waals surface area contributed by atoms with Crippen molar-refractivity contribution in [2.75, 3.05) is 6.61 Å². The highest BCUT2D eigenvalue weighted by molar-refractivity contribution is 5.89. The Kier molecular flexibility index (Phi) is 4.24. The van der Waals surface area contributed by atoms with Crippen molar-refractivity contribution in [3.05, 3.63) is 71.9 Å². The largest absolute Gasteiger partial charge is 0.461 e. The topological polar surface area (TPSA) is 44.1 Å². The fourth-order valence-corrected chi connectivity index (χ4v) is 2.38. The van der Waals surface area contributed by atoms with Gasteiger partial charge in [-0.15, -0.1) is 0 Å². The lowest BCUT2D eigenvalue weighted by molar-refractivity contribution is 0.0519. The van der Waals surface area contributed by atoms with Crippen LogP contribution in [0.25, 0.3) is 16.9 Å². The smallest absolute Gasteiger partial charge is 0.358 e. The summed E-state index contributed by atoms with van der Waals surface area (Å²) in [6.07, 6.45) is 0. The number of nitrogens with zero attached hydrogens (tertiary/aromatic N) is 2. The molecule has 3 aromatic rings. The van der Waals surface area contributed by atoms with Crippen LogP contribution in [-0.2, 0) is 4.74 Å². The Bertz CT molecular complexity index is 805. The van der Waals surface area contributed by atoms with Gasteiger partial charge in [-0.25, -0.2) is 9.48 Å². The van der Waals surface area contributed by atoms with Crippen LogP contribution in [0.5, 0.6) is 0 Å². The molecule has 3 rings (SSSR count). The third kappa shape index (κ3) is 3.16. The number of para-hydroxylation sites is 1. The van der Waals surface area contributed by atoms with Gasteiger partial charge in [0.1, 0.15) is 0 Å². The summed E-state index contributed by atoms with van der Waals surface area (Å²) in [6, 6.07) is 19.7. The molecule has 0 aliphatic carbocycles. The van der Waals surface area contributed by atoms with Crippen LogP contribution in [0.3, 0.4) is 0 Å². The van der Waals surface area contributed by atoms with E-state index in [4.69, 9.17) is 4.74 Å². The molecule has 0 N–H and O–H groups in total. The molecule has 0 aliphatic heterocycles. The Morgan fingerprint density at radius 2 is 1.78 bits per heavy atom. The molecule has 4 heteroatoms. The number of benzene rings is 2. The number of hydrogen-bond acceptors (Lipinski definition) is 3. The van der Waals surface area contributed by atoms with E-state index in [9.17, 15) is 4.79 Å². The van der Waals surface area contributed by atoms with E-state index in [1.54, 1.807) is 17.7 Å². The van der Waals surface area contributed by atoms with E-state index < -0.39 is 5.97 Å². The number of aryl methyl sites for hydroxylation is 1. The molecule has 0 atom stereocenters. The summed E-state index contributed by atoms with van der Waals surface area (Å²) in [5, 5.41) is 4.44. The number of carbonyl (C=O) groups excluding carboxylic acids is 1. The first-order valence-electron chi connectivity index (χ1n) is 7.58. The zero-order chi connectivity index (χ0) is 16.2. The second-order valence-electron chi connectivity index (χ2n) is 5.25. The zero-order valence-corrected chi connectivity index (χ0v) is 13.2. The van der Waals surface area contributed by atoms with Gasteiger partial charge in [-0.1, -0.05) is 48.0 Å². The van der Waals surface area contributed by atoms with Crippen molar-refractivity contribution in [2.24, 2.45) is 0 Å². The second kappa shape index (κ2) is 6.48. The van der Waals surface area contributed by atoms with Gasteiger partial charge in [-0.3, -0.25) is 0 Å². The minimum atomic E-state index is -0.407. The van der Waals surface area contributed by atoms with E-state index in [1.807, 2.05) is 61.5 Å². The fraction of sp³-hybridized carbons (Fsp3) is 0.158. The van der Waals surface area contributed by atoms with Gasteiger partial charge in [0.25, 0.3) is 0 Å². The average molecular weight is 306 g/mol. The van der Waals surface area contributed by atoms with Gasteiger partial charge in [0, 0.05) is 5.56 Å². The Morgan fingerprint density at radius 1 is 1.09 bits per heavy atom. The molecule has 0 unspecified atom stereocenters. The predicted molar refractivity (Wildman–Crippen MR) is 89.7 cm³/mol. The molecule has 0 aliphatic rings. The van der Waals surface area contributed by atoms with Crippen LogP contribution < -0.4 is 0 Å². The number of carbonyl (C=O) groups is 1. The molecule has 0 radical (unpaired) electrons. The first-order chi connectivity index (χ1) is 11.2. The van der Waals surface area contributed by atoms with Crippen molar-refractivity contribution >= 4 is 5.97 Å². The summed E-state index contributed by atoms with van der Waals surface area (Å²) >= 11 is 0. The van der Waals surface area contributed by atoms with Crippen LogP contribution in [0.1, 0.15) is 23.0 Å². The van der Waals surface area contributed by atoms with Crippen molar-refractivity contribution in [1.82, 2.24) is 9.78 Å². The van der Waals surface area contributed by atoms with Crippen molar-refractivity contribution in [2.45, 2.75) is 13.8 Å². The highest BCUT2D eigenvalue weighted by Gasteiger charge is 2.17. The van der Waals surface area contributed by atoms with Gasteiger partial charge >= 0.3 is 5.97 Å². The molecule has 0 amide bonds. The fourth-order valence-electron chi connectivity index (χ4n) is 2.38. The highest BCUT2D eigenvalue weighted by atomic mass is 16.5. The van der Waals surface area contributed by atoms with Crippen molar-refractivity contribution < 1.29 is 9.53 Å². The lowest BCUT2D eigenvalue weighted by Gasteiger charge is -2.07. The molecule has 1 heterocycles. The summed E-state index contributed by atoms with van der Waals surface area (Å²) in [4.78, 5) is 12.0. The van der Waals surface area contributed by atoms with Gasteiger partial charge in [0.2, 0.25) is 0 Å². The molecule has 0 spiro atoms. The van der Waals surface area contributed by atoms with Crippen LogP contribution in [0.2, 0.25) is 0 Å². The quantitative estimate of drug-likeness (QED) is 0.684. The number of ether oxygens (including phenoxy) is 1. The van der Waals surface area contributed by atoms with Crippen molar-refractivity contribution in [1.29, 1.82) is 0 Å². The van der Waals surface area contributed by atoms with E-state index in [0.717, 1.165) is 16.9 Å². The minimum Gasteiger partial charge on any atom is -0.461 e. The molecule has 116 valence electrons. The van der Waals surface area contributed by atoms with Crippen molar-refractivity contribution in [3.63, 3.8) is 0 Å². The SMILES string of the molecule is CCOC(=O)c1cc(-c2ccc(C)cc2)n(-c2ccccc2)n1. The first-order valence-corrected chi connectivity index (χ1v) is 7.58. The maximum atomic E-state index is 12.0. The molecule has 23 heavy (non-hydrogen) atoms. The van der Waals surface area contributed by atoms with Crippen LogP contribution in [0.15, 0.2) is 60.7 Å². The summed E-state index contributed by atoms with van der Waals surface area (Å²) in [5.74, 6) is -0.407. The van der Waals surface area contributed by atoms with Gasteiger partial charge in [0.05, 0.1) is 18.0 Å². The summed E-state index contributed by atoms with van der Waals surface area (Å²) < 4.78 is 6.85. The van der Waals surface area contributed by atoms with Gasteiger partial charge in [0.15, 0.2) is 5.69 Å². The molecule has 4 nitrogen and oxygen atoms in total. The third-order valence-corrected chi connectivity index (χ3v) is 3.54. The number of rotatable bonds is 4. The third-order valence-electron chi connectivity index (χ3n) is 3.54. The maximum absolute atomic E-state index is 12.0. The summed E-state index contributed by atoms with van der Waals surface area (Å²) in [7, 11) is 0. The lowest BCUT2D eigenvalue weighted by Crippen LogP contribution is -2.06. The molecular weight excluding hydrogens is 288 g/mol. The summed E-state index contributed by atoms with van der Waals surface area (Å²) in [6.45, 7) is 4.16. The highest BCUT2D eigenvalue weighted by Crippen LogP contribution is 2.24. The molecule has 2 aromatic carbocycles. The Labute approximate surface area is 135 Å². The van der Waals surface area contributed by atoms with E-state index in [-0.39, 0.29) is 0 Å². The first kappa shape index (κ1) is 15.0. The van der Waals surface area contributed by atoms with Crippen LogP contribution in [0.4, 0.5) is 0 Å². The monoisotopic (exact) mass is 306 g/mol. The van der Waals surface area contributed by atoms with E-state index in [0.29, 0.717) is 12.3 Å². The lowest BCUT2D eigenvalue weighted by atomic mass is 10.1. The normalized spacial score (nSPS) is 10.5. The maximum Gasteiger partial charge on any atom is 0.358 e. The standard InChI is InChI=1S/C19H18N2O2/c1-3-23-19(22)17-13-18(15-11-9-14(2)10-12-15)21(20-17)16-7-5-4-6-8-16/h4-13H,3H2,1-2H3. The average Bonchev–Trinajstić information content (AvgIpc) is 3.02. The van der Waals surface area contributed by atoms with E-state index in [2.05, 4.69) is 5.10 Å². The second-order valence-corrected chi connectivity index (χ2v) is 5.25. The van der Waals surface area contributed by atoms with E-state index >= 15 is 0 Å². The molecule has 0 saturated carbocycles. The van der Waals surface area contributed by atoms with Gasteiger partial charge in [-0.2, -0.15) is 5.10 Å². The zero-order valence-electron chi connectivity index (χ0n) is 13.2. The van der Waals surface area contributed by atoms with Crippen LogP contribution in [0, 0.1) is 6.92 Å². The van der Waals surface area contributed by atoms with Crippen molar-refractivity contribution in [3.8, 4) is 16.9 Å². The predicted octanol–water partition coefficient (Wildman–Crippen LogP) is 4.02. The Morgan fingerprint density at radius 3 is 2.43 bits per heavy atom. The Hall–Kier alpha value is -2.88. The molecular formula is C19H18N2O2. The Balaban J connectivity index is 2.12. The number of esters is 1. The van der Waals surface area contributed by atoms with Gasteiger partial charge < -0.3 is 4.74 Å². The molecule has 0 saturated heterocycles. The van der Waals surface area contributed by atoms with E-state index in [1.165, 1.54) is 5.56 Å². The van der Waals surface area contributed by atoms with Crippen LogP contribution >= 0.6 is 0 Å². The number of hydrogen-bond donors (Lipinski definition) is 0. The van der Waals surface area contributed by atoms with Crippen LogP contribution in [-0.4, -0.2) is 22.4 Å². The molecule has 1 aromatic heterocycles.